The first kappa shape index (κ1) is 19.8. The van der Waals surface area contributed by atoms with Crippen molar-refractivity contribution in [2.75, 3.05) is 20.1 Å². The minimum Gasteiger partial charge on any atom is -0.469 e. The van der Waals surface area contributed by atoms with Crippen LogP contribution in [0, 0.1) is 0 Å². The van der Waals surface area contributed by atoms with Crippen molar-refractivity contribution in [3.63, 3.8) is 0 Å². The highest BCUT2D eigenvalue weighted by Gasteiger charge is 1.99. The van der Waals surface area contributed by atoms with Gasteiger partial charge in [0.25, 0.3) is 0 Å². The Hall–Kier alpha value is -1.21. The zero-order chi connectivity index (χ0) is 15.6. The van der Waals surface area contributed by atoms with Gasteiger partial charge in [0.15, 0.2) is 5.96 Å². The third-order valence-electron chi connectivity index (χ3n) is 3.32. The molecule has 1 aromatic carbocycles. The van der Waals surface area contributed by atoms with Crippen LogP contribution in [0.4, 0.5) is 0 Å². The maximum absolute atomic E-state index is 5.88. The molecule has 0 spiro atoms. The molecule has 2 rings (SSSR count). The fraction of sp³-hybridized carbons (Fsp3) is 0.353. The van der Waals surface area contributed by atoms with E-state index in [1.54, 1.807) is 13.3 Å². The van der Waals surface area contributed by atoms with Crippen molar-refractivity contribution in [1.29, 1.82) is 0 Å². The van der Waals surface area contributed by atoms with E-state index in [4.69, 9.17) is 16.0 Å². The maximum Gasteiger partial charge on any atom is 0.190 e. The van der Waals surface area contributed by atoms with Crippen molar-refractivity contribution in [2.45, 2.75) is 19.3 Å². The van der Waals surface area contributed by atoms with Gasteiger partial charge in [-0.25, -0.2) is 0 Å². The van der Waals surface area contributed by atoms with Crippen LogP contribution in [0.1, 0.15) is 17.7 Å². The fourth-order valence-corrected chi connectivity index (χ4v) is 2.26. The van der Waals surface area contributed by atoms with Gasteiger partial charge in [0.2, 0.25) is 0 Å². The van der Waals surface area contributed by atoms with Gasteiger partial charge < -0.3 is 15.1 Å². The van der Waals surface area contributed by atoms with E-state index in [0.717, 1.165) is 49.1 Å². The molecule has 126 valence electrons. The summed E-state index contributed by atoms with van der Waals surface area (Å²) in [5, 5.41) is 7.37. The molecule has 0 atom stereocenters. The number of aliphatic imine (C=N–C) groups is 1. The molecule has 0 bridgehead atoms. The molecule has 0 saturated carbocycles. The summed E-state index contributed by atoms with van der Waals surface area (Å²) < 4.78 is 5.30. The molecule has 23 heavy (non-hydrogen) atoms. The van der Waals surface area contributed by atoms with Crippen LogP contribution in [0.15, 0.2) is 52.1 Å². The summed E-state index contributed by atoms with van der Waals surface area (Å²) in [5.41, 5.74) is 1.30. The average Bonchev–Trinajstić information content (AvgIpc) is 3.04. The molecule has 0 amide bonds. The molecule has 2 N–H and O–H groups in total. The molecule has 0 saturated heterocycles. The van der Waals surface area contributed by atoms with Crippen LogP contribution < -0.4 is 10.6 Å². The highest BCUT2D eigenvalue weighted by atomic mass is 127. The van der Waals surface area contributed by atoms with Crippen LogP contribution >= 0.6 is 35.6 Å². The third-order valence-corrected chi connectivity index (χ3v) is 3.57. The van der Waals surface area contributed by atoms with Crippen molar-refractivity contribution >= 4 is 41.5 Å². The molecule has 0 aliphatic heterocycles. The lowest BCUT2D eigenvalue weighted by atomic mass is 10.1. The summed E-state index contributed by atoms with van der Waals surface area (Å²) in [5.74, 6) is 1.80. The first-order valence-electron chi connectivity index (χ1n) is 7.49. The number of benzene rings is 1. The molecule has 0 fully saturated rings. The molecule has 0 aliphatic carbocycles. The molecule has 2 aromatic rings. The lowest BCUT2D eigenvalue weighted by molar-refractivity contribution is 0.506. The molecule has 0 aliphatic rings. The molecule has 4 nitrogen and oxygen atoms in total. The quantitative estimate of drug-likeness (QED) is 0.293. The Kier molecular flexibility index (Phi) is 9.78. The number of rotatable bonds is 7. The summed E-state index contributed by atoms with van der Waals surface area (Å²) in [6.07, 6.45) is 4.60. The minimum absolute atomic E-state index is 0. The highest BCUT2D eigenvalue weighted by Crippen LogP contribution is 2.10. The predicted molar refractivity (Wildman–Crippen MR) is 107 cm³/mol. The van der Waals surface area contributed by atoms with E-state index >= 15 is 0 Å². The van der Waals surface area contributed by atoms with E-state index < -0.39 is 0 Å². The van der Waals surface area contributed by atoms with E-state index in [1.807, 2.05) is 24.3 Å². The van der Waals surface area contributed by atoms with E-state index in [0.29, 0.717) is 0 Å². The first-order valence-corrected chi connectivity index (χ1v) is 7.87. The Morgan fingerprint density at radius 3 is 2.48 bits per heavy atom. The van der Waals surface area contributed by atoms with Crippen LogP contribution in [-0.2, 0) is 12.8 Å². The van der Waals surface area contributed by atoms with Gasteiger partial charge in [0.1, 0.15) is 5.76 Å². The van der Waals surface area contributed by atoms with E-state index in [1.165, 1.54) is 5.56 Å². The van der Waals surface area contributed by atoms with Crippen molar-refractivity contribution in [3.8, 4) is 0 Å². The van der Waals surface area contributed by atoms with Gasteiger partial charge >= 0.3 is 0 Å². The van der Waals surface area contributed by atoms with Crippen LogP contribution in [0.3, 0.4) is 0 Å². The van der Waals surface area contributed by atoms with Crippen molar-refractivity contribution in [3.05, 3.63) is 59.0 Å². The topological polar surface area (TPSA) is 49.6 Å². The molecule has 6 heteroatoms. The Balaban J connectivity index is 0.00000264. The zero-order valence-corrected chi connectivity index (χ0v) is 16.3. The smallest absolute Gasteiger partial charge is 0.190 e. The number of nitrogens with one attached hydrogen (secondary N) is 2. The summed E-state index contributed by atoms with van der Waals surface area (Å²) in [6, 6.07) is 11.9. The van der Waals surface area contributed by atoms with Crippen molar-refractivity contribution in [2.24, 2.45) is 4.99 Å². The fourth-order valence-electron chi connectivity index (χ4n) is 2.13. The molecule has 0 radical (unpaired) electrons. The van der Waals surface area contributed by atoms with Crippen LogP contribution in [0.25, 0.3) is 0 Å². The van der Waals surface area contributed by atoms with Gasteiger partial charge in [-0.1, -0.05) is 23.7 Å². The Labute approximate surface area is 159 Å². The number of furan rings is 1. The lowest BCUT2D eigenvalue weighted by Crippen LogP contribution is -2.38. The van der Waals surface area contributed by atoms with Crippen LogP contribution in [0.5, 0.6) is 0 Å². The summed E-state index contributed by atoms with van der Waals surface area (Å²) in [6.45, 7) is 1.67. The number of aryl methyl sites for hydroxylation is 1. The number of nitrogens with zero attached hydrogens (tertiary/aromatic N) is 1. The van der Waals surface area contributed by atoms with Crippen molar-refractivity contribution < 1.29 is 4.42 Å². The second kappa shape index (κ2) is 11.3. The Morgan fingerprint density at radius 1 is 1.09 bits per heavy atom. The third kappa shape index (κ3) is 7.74. The number of hydrogen-bond donors (Lipinski definition) is 2. The number of hydrogen-bond acceptors (Lipinski definition) is 2. The normalized spacial score (nSPS) is 11.0. The average molecular weight is 448 g/mol. The highest BCUT2D eigenvalue weighted by molar-refractivity contribution is 14.0. The lowest BCUT2D eigenvalue weighted by Gasteiger charge is -2.11. The molecule has 1 aromatic heterocycles. The molecule has 1 heterocycles. The summed E-state index contributed by atoms with van der Waals surface area (Å²) >= 11 is 5.88. The minimum atomic E-state index is 0. The van der Waals surface area contributed by atoms with Crippen molar-refractivity contribution in [1.82, 2.24) is 10.6 Å². The largest absolute Gasteiger partial charge is 0.469 e. The van der Waals surface area contributed by atoms with Gasteiger partial charge in [-0.3, -0.25) is 4.99 Å². The second-order valence-electron chi connectivity index (χ2n) is 4.99. The van der Waals surface area contributed by atoms with E-state index in [9.17, 15) is 0 Å². The maximum atomic E-state index is 5.88. The predicted octanol–water partition coefficient (Wildman–Crippen LogP) is 3.89. The molecular formula is C17H23ClIN3O. The zero-order valence-electron chi connectivity index (χ0n) is 13.2. The standard InChI is InChI=1S/C17H22ClN3O.HI/c1-19-17(21-12-10-16-5-3-13-22-16)20-11-2-4-14-6-8-15(18)9-7-14;/h3,5-9,13H,2,4,10-12H2,1H3,(H2,19,20,21);1H. The number of guanidine groups is 1. The summed E-state index contributed by atoms with van der Waals surface area (Å²) in [7, 11) is 1.78. The SMILES string of the molecule is CN=C(NCCCc1ccc(Cl)cc1)NCCc1ccco1.I. The van der Waals surface area contributed by atoms with Crippen LogP contribution in [-0.4, -0.2) is 26.1 Å². The van der Waals surface area contributed by atoms with Gasteiger partial charge in [-0.15, -0.1) is 24.0 Å². The van der Waals surface area contributed by atoms with Gasteiger partial charge in [0.05, 0.1) is 6.26 Å². The summed E-state index contributed by atoms with van der Waals surface area (Å²) in [4.78, 5) is 4.21. The second-order valence-corrected chi connectivity index (χ2v) is 5.42. The molecule has 0 unspecified atom stereocenters. The van der Waals surface area contributed by atoms with Gasteiger partial charge in [-0.05, 0) is 42.7 Å². The van der Waals surface area contributed by atoms with E-state index in [2.05, 4.69) is 27.8 Å². The van der Waals surface area contributed by atoms with Crippen LogP contribution in [0.2, 0.25) is 5.02 Å². The number of halogens is 2. The Bertz CT molecular complexity index is 570. The van der Waals surface area contributed by atoms with Gasteiger partial charge in [-0.2, -0.15) is 0 Å². The van der Waals surface area contributed by atoms with Gasteiger partial charge in [0, 0.05) is 31.6 Å². The first-order chi connectivity index (χ1) is 10.8. The Morgan fingerprint density at radius 2 is 1.83 bits per heavy atom. The monoisotopic (exact) mass is 447 g/mol. The molecular weight excluding hydrogens is 425 g/mol. The van der Waals surface area contributed by atoms with E-state index in [-0.39, 0.29) is 24.0 Å².